The number of piperidine rings is 1. The Balaban J connectivity index is 1.44. The number of nitrogens with zero attached hydrogens (tertiary/aromatic N) is 3. The minimum Gasteiger partial charge on any atom is -0.446 e. The number of carbonyl (C=O) groups is 3. The Morgan fingerprint density at radius 1 is 1.21 bits per heavy atom. The van der Waals surface area contributed by atoms with E-state index in [9.17, 15) is 19.6 Å². The van der Waals surface area contributed by atoms with Crippen molar-refractivity contribution in [2.24, 2.45) is 5.92 Å². The molecule has 0 aromatic heterocycles. The van der Waals surface area contributed by atoms with E-state index in [1.54, 1.807) is 0 Å². The van der Waals surface area contributed by atoms with Crippen molar-refractivity contribution in [3.05, 3.63) is 35.9 Å². The molecule has 3 aliphatic rings. The summed E-state index contributed by atoms with van der Waals surface area (Å²) in [6.45, 7) is 2.14. The number of likely N-dealkylation sites (tertiary alicyclic amines) is 2. The van der Waals surface area contributed by atoms with Crippen LogP contribution >= 0.6 is 0 Å². The van der Waals surface area contributed by atoms with Crippen molar-refractivity contribution in [2.75, 3.05) is 26.7 Å². The molecule has 34 heavy (non-hydrogen) atoms. The molecule has 1 N–H and O–H groups in total. The maximum atomic E-state index is 13.3. The molecule has 1 aromatic carbocycles. The van der Waals surface area contributed by atoms with Crippen molar-refractivity contribution in [3.63, 3.8) is 0 Å². The smallest absolute Gasteiger partial charge is 0.410 e. The minimum atomic E-state index is -0.748. The van der Waals surface area contributed by atoms with Crippen LogP contribution < -0.4 is 5.32 Å². The highest BCUT2D eigenvalue weighted by molar-refractivity contribution is 5.87. The van der Waals surface area contributed by atoms with E-state index in [2.05, 4.69) is 16.3 Å². The lowest BCUT2D eigenvalue weighted by molar-refractivity contribution is -0.126. The number of rotatable bonds is 6. The molecule has 2 amide bonds. The molecule has 0 spiro atoms. The molecule has 4 unspecified atom stereocenters. The zero-order chi connectivity index (χ0) is 24.1. The average Bonchev–Trinajstić information content (AvgIpc) is 3.47. The van der Waals surface area contributed by atoms with Gasteiger partial charge in [0.05, 0.1) is 6.07 Å². The van der Waals surface area contributed by atoms with Crippen LogP contribution in [0.15, 0.2) is 30.3 Å². The van der Waals surface area contributed by atoms with Gasteiger partial charge in [-0.25, -0.2) is 4.79 Å². The predicted octanol–water partition coefficient (Wildman–Crippen LogP) is 2.84. The first-order valence-electron chi connectivity index (χ1n) is 12.4. The fourth-order valence-corrected chi connectivity index (χ4v) is 5.40. The molecule has 2 saturated heterocycles. The third-order valence-corrected chi connectivity index (χ3v) is 7.47. The highest BCUT2D eigenvalue weighted by Gasteiger charge is 2.42. The van der Waals surface area contributed by atoms with E-state index in [0.717, 1.165) is 44.3 Å². The van der Waals surface area contributed by atoms with Gasteiger partial charge in [0, 0.05) is 37.9 Å². The molecular formula is C26H34N4O4. The Morgan fingerprint density at radius 2 is 1.94 bits per heavy atom. The first kappa shape index (κ1) is 24.2. The second-order valence-electron chi connectivity index (χ2n) is 9.88. The van der Waals surface area contributed by atoms with Crippen molar-refractivity contribution in [3.8, 4) is 6.07 Å². The SMILES string of the molecule is CN1CCC(OC(=O)N2CC(c3ccccc3)CC2C(=O)NC(C#N)CC2CCCC2=O)CC1. The Hall–Kier alpha value is -2.92. The number of ether oxygens (including phenoxy) is 1. The molecule has 3 fully saturated rings. The summed E-state index contributed by atoms with van der Waals surface area (Å²) in [6.07, 6.45) is 3.90. The molecule has 8 nitrogen and oxygen atoms in total. The van der Waals surface area contributed by atoms with Gasteiger partial charge in [-0.1, -0.05) is 30.3 Å². The fraction of sp³-hybridized carbons (Fsp3) is 0.615. The summed E-state index contributed by atoms with van der Waals surface area (Å²) in [4.78, 5) is 42.2. The third-order valence-electron chi connectivity index (χ3n) is 7.47. The largest absolute Gasteiger partial charge is 0.446 e. The van der Waals surface area contributed by atoms with E-state index in [1.165, 1.54) is 4.90 Å². The maximum Gasteiger partial charge on any atom is 0.410 e. The van der Waals surface area contributed by atoms with Crippen molar-refractivity contribution >= 4 is 17.8 Å². The summed E-state index contributed by atoms with van der Waals surface area (Å²) < 4.78 is 5.81. The summed E-state index contributed by atoms with van der Waals surface area (Å²) in [5.74, 6) is -0.339. The quantitative estimate of drug-likeness (QED) is 0.692. The number of nitriles is 1. The first-order chi connectivity index (χ1) is 16.4. The number of Topliss-reactive ketones (excluding diaryl/α,β-unsaturated/α-hetero) is 1. The molecule has 1 aliphatic carbocycles. The molecule has 182 valence electrons. The number of hydrogen-bond donors (Lipinski definition) is 1. The van der Waals surface area contributed by atoms with E-state index < -0.39 is 18.2 Å². The molecule has 8 heteroatoms. The number of benzene rings is 1. The lowest BCUT2D eigenvalue weighted by atomic mass is 9.95. The topological polar surface area (TPSA) is 103 Å². The molecule has 2 heterocycles. The van der Waals surface area contributed by atoms with Crippen LogP contribution in [-0.4, -0.2) is 72.5 Å². The minimum absolute atomic E-state index is 0.0129. The monoisotopic (exact) mass is 466 g/mol. The van der Waals surface area contributed by atoms with Crippen molar-refractivity contribution in [1.82, 2.24) is 15.1 Å². The van der Waals surface area contributed by atoms with Gasteiger partial charge < -0.3 is 15.0 Å². The van der Waals surface area contributed by atoms with Crippen molar-refractivity contribution < 1.29 is 19.1 Å². The van der Waals surface area contributed by atoms with Crippen LogP contribution in [-0.2, 0) is 14.3 Å². The van der Waals surface area contributed by atoms with Gasteiger partial charge in [-0.3, -0.25) is 14.5 Å². The normalized spacial score (nSPS) is 26.8. The van der Waals surface area contributed by atoms with E-state index in [0.29, 0.717) is 25.8 Å². The van der Waals surface area contributed by atoms with Gasteiger partial charge in [-0.05, 0) is 51.1 Å². The summed E-state index contributed by atoms with van der Waals surface area (Å²) >= 11 is 0. The lowest BCUT2D eigenvalue weighted by Gasteiger charge is -2.31. The zero-order valence-electron chi connectivity index (χ0n) is 19.8. The number of nitrogens with one attached hydrogen (secondary N) is 1. The second-order valence-corrected chi connectivity index (χ2v) is 9.88. The molecule has 1 aromatic rings. The van der Waals surface area contributed by atoms with E-state index in [1.807, 2.05) is 37.4 Å². The number of carbonyl (C=O) groups excluding carboxylic acids is 3. The Labute approximate surface area is 201 Å². The average molecular weight is 467 g/mol. The molecule has 4 rings (SSSR count). The maximum absolute atomic E-state index is 13.3. The molecule has 1 saturated carbocycles. The Kier molecular flexibility index (Phi) is 7.84. The zero-order valence-corrected chi connectivity index (χ0v) is 19.8. The van der Waals surface area contributed by atoms with Crippen molar-refractivity contribution in [2.45, 2.75) is 69.1 Å². The van der Waals surface area contributed by atoms with Crippen LogP contribution in [0.25, 0.3) is 0 Å². The van der Waals surface area contributed by atoms with Gasteiger partial charge in [-0.2, -0.15) is 5.26 Å². The highest BCUT2D eigenvalue weighted by atomic mass is 16.6. The summed E-state index contributed by atoms with van der Waals surface area (Å²) in [7, 11) is 2.05. The predicted molar refractivity (Wildman–Crippen MR) is 126 cm³/mol. The van der Waals surface area contributed by atoms with E-state index >= 15 is 0 Å². The number of amides is 2. The van der Waals surface area contributed by atoms with Gasteiger partial charge in [-0.15, -0.1) is 0 Å². The molecular weight excluding hydrogens is 432 g/mol. The summed E-state index contributed by atoms with van der Waals surface area (Å²) in [5, 5.41) is 12.4. The number of ketones is 1. The third kappa shape index (κ3) is 5.76. The Morgan fingerprint density at radius 3 is 2.59 bits per heavy atom. The molecule has 2 aliphatic heterocycles. The van der Waals surface area contributed by atoms with Gasteiger partial charge in [0.15, 0.2) is 0 Å². The Bertz CT molecular complexity index is 922. The standard InChI is InChI=1S/C26H34N4O4/c1-29-12-10-22(11-13-29)34-26(33)30-17-20(18-6-3-2-4-7-18)15-23(30)25(32)28-21(16-27)14-19-8-5-9-24(19)31/h2-4,6-7,19-23H,5,8-15,17H2,1H3,(H,28,32). The van der Waals surface area contributed by atoms with Crippen LogP contribution in [0.5, 0.6) is 0 Å². The van der Waals surface area contributed by atoms with E-state index in [-0.39, 0.29) is 29.6 Å². The van der Waals surface area contributed by atoms with Crippen LogP contribution in [0, 0.1) is 17.2 Å². The van der Waals surface area contributed by atoms with Gasteiger partial charge >= 0.3 is 6.09 Å². The fourth-order valence-electron chi connectivity index (χ4n) is 5.40. The van der Waals surface area contributed by atoms with Crippen LogP contribution in [0.3, 0.4) is 0 Å². The van der Waals surface area contributed by atoms with Crippen LogP contribution in [0.1, 0.15) is 56.4 Å². The van der Waals surface area contributed by atoms with Gasteiger partial charge in [0.25, 0.3) is 0 Å². The highest BCUT2D eigenvalue weighted by Crippen LogP contribution is 2.33. The second kappa shape index (κ2) is 11.0. The van der Waals surface area contributed by atoms with E-state index in [4.69, 9.17) is 4.74 Å². The number of hydrogen-bond acceptors (Lipinski definition) is 6. The summed E-state index contributed by atoms with van der Waals surface area (Å²) in [6, 6.07) is 10.5. The van der Waals surface area contributed by atoms with Crippen molar-refractivity contribution in [1.29, 1.82) is 5.26 Å². The van der Waals surface area contributed by atoms with Gasteiger partial charge in [0.2, 0.25) is 5.91 Å². The van der Waals surface area contributed by atoms with Gasteiger partial charge in [0.1, 0.15) is 24.0 Å². The summed E-state index contributed by atoms with van der Waals surface area (Å²) in [5.41, 5.74) is 1.07. The van der Waals surface area contributed by atoms with Crippen LogP contribution in [0.4, 0.5) is 4.79 Å². The lowest BCUT2D eigenvalue weighted by Crippen LogP contribution is -2.50. The molecule has 0 bridgehead atoms. The first-order valence-corrected chi connectivity index (χ1v) is 12.4. The molecule has 4 atom stereocenters. The van der Waals surface area contributed by atoms with Crippen LogP contribution in [0.2, 0.25) is 0 Å². The molecule has 0 radical (unpaired) electrons.